The van der Waals surface area contributed by atoms with E-state index >= 15 is 0 Å². The summed E-state index contributed by atoms with van der Waals surface area (Å²) in [6.07, 6.45) is 1.96. The molecule has 2 N–H and O–H groups in total. The number of nitrogens with zero attached hydrogens (tertiary/aromatic N) is 2. The van der Waals surface area contributed by atoms with E-state index in [0.717, 1.165) is 28.5 Å². The average molecular weight is 393 g/mol. The molecule has 0 spiro atoms. The molecule has 2 atom stereocenters. The third-order valence-electron chi connectivity index (χ3n) is 4.76. The fourth-order valence-electron chi connectivity index (χ4n) is 3.60. The highest BCUT2D eigenvalue weighted by Crippen LogP contribution is 2.41. The van der Waals surface area contributed by atoms with Gasteiger partial charge in [-0.15, -0.1) is 0 Å². The smallest absolute Gasteiger partial charge is 0.174 e. The normalized spacial score (nSPS) is 19.1. The fraction of sp³-hybridized carbons (Fsp3) is 0.273. The van der Waals surface area contributed by atoms with Crippen LogP contribution in [0.25, 0.3) is 0 Å². The van der Waals surface area contributed by atoms with Crippen molar-refractivity contribution in [1.82, 2.24) is 15.3 Å². The summed E-state index contributed by atoms with van der Waals surface area (Å²) in [6, 6.07) is 18.2. The monoisotopic (exact) mass is 392 g/mol. The van der Waals surface area contributed by atoms with Gasteiger partial charge in [-0.1, -0.05) is 6.07 Å². The summed E-state index contributed by atoms with van der Waals surface area (Å²) in [6.45, 7) is 6.10. The number of hydrogen-bond acceptors (Lipinski definition) is 3. The maximum Gasteiger partial charge on any atom is 0.174 e. The van der Waals surface area contributed by atoms with Crippen LogP contribution in [-0.2, 0) is 0 Å². The maximum absolute atomic E-state index is 5.78. The Labute approximate surface area is 170 Å². The van der Waals surface area contributed by atoms with Crippen LogP contribution in [0.3, 0.4) is 0 Å². The molecule has 1 saturated heterocycles. The van der Waals surface area contributed by atoms with Gasteiger partial charge in [-0.3, -0.25) is 4.98 Å². The summed E-state index contributed by atoms with van der Waals surface area (Å²) in [5, 5.41) is 4.15. The first kappa shape index (κ1) is 18.5. The van der Waals surface area contributed by atoms with Crippen LogP contribution in [-0.4, -0.2) is 21.2 Å². The Morgan fingerprint density at radius 2 is 1.86 bits per heavy atom. The number of rotatable bonds is 5. The van der Waals surface area contributed by atoms with Crippen LogP contribution in [0, 0.1) is 6.92 Å². The summed E-state index contributed by atoms with van der Waals surface area (Å²) in [4.78, 5) is 10.2. The maximum atomic E-state index is 5.78. The second-order valence-corrected chi connectivity index (χ2v) is 7.64. The number of aromatic amines is 1. The Hall–Kier alpha value is -2.86. The summed E-state index contributed by atoms with van der Waals surface area (Å²) >= 11 is 5.73. The van der Waals surface area contributed by atoms with Gasteiger partial charge in [0.05, 0.1) is 17.8 Å². The molecule has 0 unspecified atom stereocenters. The number of pyridine rings is 1. The molecule has 3 aromatic rings. The lowest BCUT2D eigenvalue weighted by molar-refractivity contribution is 0.242. The minimum atomic E-state index is -0.0432. The number of aromatic nitrogens is 2. The lowest BCUT2D eigenvalue weighted by Crippen LogP contribution is -2.29. The molecule has 3 heterocycles. The zero-order valence-corrected chi connectivity index (χ0v) is 17.0. The van der Waals surface area contributed by atoms with Crippen molar-refractivity contribution < 1.29 is 4.74 Å². The lowest BCUT2D eigenvalue weighted by atomic mass is 10.0. The molecule has 0 aliphatic carbocycles. The van der Waals surface area contributed by atoms with Crippen molar-refractivity contribution in [3.05, 3.63) is 77.9 Å². The van der Waals surface area contributed by atoms with Crippen LogP contribution in [0.4, 0.5) is 5.69 Å². The molecule has 1 aliphatic heterocycles. The van der Waals surface area contributed by atoms with Gasteiger partial charge in [0.2, 0.25) is 0 Å². The van der Waals surface area contributed by atoms with E-state index in [9.17, 15) is 0 Å². The van der Waals surface area contributed by atoms with Crippen molar-refractivity contribution in [2.45, 2.75) is 39.0 Å². The van der Waals surface area contributed by atoms with E-state index in [-0.39, 0.29) is 18.2 Å². The van der Waals surface area contributed by atoms with Gasteiger partial charge in [0.25, 0.3) is 0 Å². The van der Waals surface area contributed by atoms with Gasteiger partial charge in [0, 0.05) is 23.3 Å². The molecule has 1 aliphatic rings. The van der Waals surface area contributed by atoms with Gasteiger partial charge >= 0.3 is 0 Å². The second kappa shape index (κ2) is 7.64. The Kier molecular flexibility index (Phi) is 5.05. The molecular formula is C22H24N4OS. The van der Waals surface area contributed by atoms with E-state index in [1.165, 1.54) is 0 Å². The Morgan fingerprint density at radius 1 is 1.07 bits per heavy atom. The van der Waals surface area contributed by atoms with E-state index in [0.29, 0.717) is 5.11 Å². The highest BCUT2D eigenvalue weighted by atomic mass is 32.1. The summed E-state index contributed by atoms with van der Waals surface area (Å²) in [5.74, 6) is 0.852. The summed E-state index contributed by atoms with van der Waals surface area (Å²) in [5.41, 5.74) is 4.20. The Bertz CT molecular complexity index is 952. The third kappa shape index (κ3) is 3.60. The zero-order valence-electron chi connectivity index (χ0n) is 16.2. The zero-order chi connectivity index (χ0) is 19.7. The molecule has 4 rings (SSSR count). The van der Waals surface area contributed by atoms with Crippen LogP contribution in [0.15, 0.2) is 60.8 Å². The van der Waals surface area contributed by atoms with E-state index in [2.05, 4.69) is 51.4 Å². The highest BCUT2D eigenvalue weighted by Gasteiger charge is 2.41. The van der Waals surface area contributed by atoms with Gasteiger partial charge in [-0.05, 0) is 81.5 Å². The first-order valence-corrected chi connectivity index (χ1v) is 9.86. The first-order valence-electron chi connectivity index (χ1n) is 9.46. The van der Waals surface area contributed by atoms with Crippen molar-refractivity contribution >= 4 is 23.0 Å². The van der Waals surface area contributed by atoms with Crippen LogP contribution in [0.5, 0.6) is 5.75 Å². The number of thiocarbonyl (C=S) groups is 1. The average Bonchev–Trinajstić information content (AvgIpc) is 3.26. The Morgan fingerprint density at radius 3 is 2.46 bits per heavy atom. The van der Waals surface area contributed by atoms with Gasteiger partial charge in [0.1, 0.15) is 11.8 Å². The number of H-pyrrole nitrogens is 1. The lowest BCUT2D eigenvalue weighted by Gasteiger charge is -2.27. The van der Waals surface area contributed by atoms with Crippen molar-refractivity contribution in [3.63, 3.8) is 0 Å². The van der Waals surface area contributed by atoms with Gasteiger partial charge in [-0.2, -0.15) is 0 Å². The molecule has 0 saturated carbocycles. The number of aryl methyl sites for hydroxylation is 1. The fourth-order valence-corrected chi connectivity index (χ4v) is 3.95. The SMILES string of the molecule is Cc1ccc([C@@H]2[C@H](c3ccccn3)NC(=S)N2c2ccc(OC(C)C)cc2)[nH]1. The molecule has 6 heteroatoms. The topological polar surface area (TPSA) is 53.2 Å². The second-order valence-electron chi connectivity index (χ2n) is 7.25. The third-order valence-corrected chi connectivity index (χ3v) is 5.07. The molecule has 2 aromatic heterocycles. The number of anilines is 1. The van der Waals surface area contributed by atoms with Crippen LogP contribution < -0.4 is 15.0 Å². The van der Waals surface area contributed by atoms with Gasteiger partial charge in [-0.25, -0.2) is 0 Å². The number of benzene rings is 1. The van der Waals surface area contributed by atoms with E-state index < -0.39 is 0 Å². The predicted octanol–water partition coefficient (Wildman–Crippen LogP) is 4.68. The number of ether oxygens (including phenoxy) is 1. The molecule has 5 nitrogen and oxygen atoms in total. The minimum absolute atomic E-state index is 0.0204. The number of hydrogen-bond donors (Lipinski definition) is 2. The molecule has 1 fully saturated rings. The molecule has 1 aromatic carbocycles. The van der Waals surface area contributed by atoms with Crippen LogP contribution in [0.2, 0.25) is 0 Å². The van der Waals surface area contributed by atoms with Gasteiger partial charge < -0.3 is 19.9 Å². The molecule has 28 heavy (non-hydrogen) atoms. The largest absolute Gasteiger partial charge is 0.491 e. The molecular weight excluding hydrogens is 368 g/mol. The molecule has 0 bridgehead atoms. The quantitative estimate of drug-likeness (QED) is 0.618. The highest BCUT2D eigenvalue weighted by molar-refractivity contribution is 7.80. The summed E-state index contributed by atoms with van der Waals surface area (Å²) < 4.78 is 5.78. The minimum Gasteiger partial charge on any atom is -0.491 e. The molecule has 0 amide bonds. The summed E-state index contributed by atoms with van der Waals surface area (Å²) in [7, 11) is 0. The van der Waals surface area contributed by atoms with Crippen molar-refractivity contribution in [2.24, 2.45) is 0 Å². The van der Waals surface area contributed by atoms with Crippen molar-refractivity contribution in [3.8, 4) is 5.75 Å². The standard InChI is InChI=1S/C22H24N4OS/c1-14(2)27-17-10-8-16(9-11-17)26-21(19-12-7-15(3)24-19)20(25-22(26)28)18-6-4-5-13-23-18/h4-14,20-21,24H,1-3H3,(H,25,28)/t20-,21+/m0/s1. The molecule has 144 valence electrons. The van der Waals surface area contributed by atoms with E-state index in [1.54, 1.807) is 0 Å². The predicted molar refractivity (Wildman–Crippen MR) is 116 cm³/mol. The van der Waals surface area contributed by atoms with E-state index in [4.69, 9.17) is 17.0 Å². The van der Waals surface area contributed by atoms with Crippen molar-refractivity contribution in [1.29, 1.82) is 0 Å². The Balaban J connectivity index is 1.73. The van der Waals surface area contributed by atoms with Crippen LogP contribution >= 0.6 is 12.2 Å². The van der Waals surface area contributed by atoms with Crippen molar-refractivity contribution in [2.75, 3.05) is 4.90 Å². The van der Waals surface area contributed by atoms with E-state index in [1.807, 2.05) is 50.4 Å². The molecule has 0 radical (unpaired) electrons. The van der Waals surface area contributed by atoms with Crippen LogP contribution in [0.1, 0.15) is 43.0 Å². The van der Waals surface area contributed by atoms with Gasteiger partial charge in [0.15, 0.2) is 5.11 Å². The first-order chi connectivity index (χ1) is 13.5. The number of nitrogens with one attached hydrogen (secondary N) is 2.